The van der Waals surface area contributed by atoms with Crippen molar-refractivity contribution >= 4 is 0 Å². The quantitative estimate of drug-likeness (QED) is 0.773. The van der Waals surface area contributed by atoms with Gasteiger partial charge in [0.1, 0.15) is 6.10 Å². The fourth-order valence-electron chi connectivity index (χ4n) is 5.54. The van der Waals surface area contributed by atoms with Crippen molar-refractivity contribution in [2.45, 2.75) is 55.7 Å². The van der Waals surface area contributed by atoms with E-state index in [1.165, 1.54) is 22.3 Å². The van der Waals surface area contributed by atoms with Gasteiger partial charge in [-0.05, 0) is 47.9 Å². The van der Waals surface area contributed by atoms with E-state index in [-0.39, 0.29) is 12.0 Å². The van der Waals surface area contributed by atoms with Crippen LogP contribution < -0.4 is 0 Å². The first-order valence-corrected chi connectivity index (χ1v) is 11.0. The summed E-state index contributed by atoms with van der Waals surface area (Å²) in [6, 6.07) is 17.0. The first-order chi connectivity index (χ1) is 14.6. The van der Waals surface area contributed by atoms with E-state index in [0.29, 0.717) is 39.0 Å². The number of piperidine rings is 1. The summed E-state index contributed by atoms with van der Waals surface area (Å²) in [6.45, 7) is 1.34. The summed E-state index contributed by atoms with van der Waals surface area (Å²) in [6.07, 6.45) is 0.880. The van der Waals surface area contributed by atoms with Crippen LogP contribution in [-0.2, 0) is 15.9 Å². The van der Waals surface area contributed by atoms with E-state index >= 15 is 4.39 Å². The lowest BCUT2D eigenvalue weighted by molar-refractivity contribution is -0.115. The van der Waals surface area contributed by atoms with Crippen molar-refractivity contribution in [2.75, 3.05) is 26.8 Å². The lowest BCUT2D eigenvalue weighted by Gasteiger charge is -2.40. The predicted octanol–water partition coefficient (Wildman–Crippen LogP) is 3.97. The van der Waals surface area contributed by atoms with Gasteiger partial charge in [0.25, 0.3) is 0 Å². The third-order valence-electron chi connectivity index (χ3n) is 7.17. The van der Waals surface area contributed by atoms with Crippen molar-refractivity contribution in [3.05, 3.63) is 70.8 Å². The molecule has 5 rings (SSSR count). The van der Waals surface area contributed by atoms with Crippen molar-refractivity contribution in [1.29, 1.82) is 0 Å². The zero-order chi connectivity index (χ0) is 20.7. The van der Waals surface area contributed by atoms with E-state index in [4.69, 9.17) is 9.47 Å². The standard InChI is InChI=1S/C25H30FNO3/c1-29-16-25(28)10-12-27(13-11-25)24(26)22-15-21-19-8-4-2-6-17(19)14-18-7-3-5-9-20(18)23(21)30-22/h2-9,21-24,28H,10-16H2,1H3. The van der Waals surface area contributed by atoms with Gasteiger partial charge in [0.05, 0.1) is 18.3 Å². The Morgan fingerprint density at radius 3 is 2.43 bits per heavy atom. The Bertz CT molecular complexity index is 842. The zero-order valence-electron chi connectivity index (χ0n) is 17.5. The minimum atomic E-state index is -1.16. The molecule has 1 aliphatic carbocycles. The van der Waals surface area contributed by atoms with Crippen LogP contribution in [0.4, 0.5) is 4.39 Å². The molecule has 2 heterocycles. The molecule has 4 unspecified atom stereocenters. The van der Waals surface area contributed by atoms with Crippen molar-refractivity contribution in [3.63, 3.8) is 0 Å². The fourth-order valence-corrected chi connectivity index (χ4v) is 5.54. The number of halogens is 1. The minimum absolute atomic E-state index is 0.108. The van der Waals surface area contributed by atoms with Crippen LogP contribution in [0.1, 0.15) is 53.5 Å². The van der Waals surface area contributed by atoms with Crippen molar-refractivity contribution in [3.8, 4) is 0 Å². The highest BCUT2D eigenvalue weighted by atomic mass is 19.1. The largest absolute Gasteiger partial charge is 0.387 e. The highest BCUT2D eigenvalue weighted by molar-refractivity contribution is 5.45. The van der Waals surface area contributed by atoms with E-state index < -0.39 is 18.0 Å². The van der Waals surface area contributed by atoms with Gasteiger partial charge in [-0.25, -0.2) is 4.39 Å². The topological polar surface area (TPSA) is 41.9 Å². The maximum Gasteiger partial charge on any atom is 0.180 e. The minimum Gasteiger partial charge on any atom is -0.387 e. The number of methoxy groups -OCH3 is 1. The summed E-state index contributed by atoms with van der Waals surface area (Å²) in [7, 11) is 1.59. The highest BCUT2D eigenvalue weighted by Crippen LogP contribution is 2.50. The molecule has 4 nitrogen and oxygen atoms in total. The summed E-state index contributed by atoms with van der Waals surface area (Å²) < 4.78 is 27.2. The van der Waals surface area contributed by atoms with Gasteiger partial charge < -0.3 is 14.6 Å². The Kier molecular flexibility index (Phi) is 5.40. The molecule has 2 aromatic carbocycles. The molecule has 0 aromatic heterocycles. The van der Waals surface area contributed by atoms with Crippen LogP contribution in [0.3, 0.4) is 0 Å². The van der Waals surface area contributed by atoms with Gasteiger partial charge in [0, 0.05) is 26.1 Å². The third-order valence-corrected chi connectivity index (χ3v) is 7.17. The monoisotopic (exact) mass is 411 g/mol. The first kappa shape index (κ1) is 20.1. The molecule has 1 N–H and O–H groups in total. The van der Waals surface area contributed by atoms with Crippen LogP contribution in [-0.4, -0.2) is 54.8 Å². The molecule has 5 heteroatoms. The molecule has 30 heavy (non-hydrogen) atoms. The molecule has 2 aromatic rings. The summed E-state index contributed by atoms with van der Waals surface area (Å²) >= 11 is 0. The van der Waals surface area contributed by atoms with Crippen molar-refractivity contribution < 1.29 is 19.0 Å². The van der Waals surface area contributed by atoms with Crippen LogP contribution in [0.2, 0.25) is 0 Å². The highest BCUT2D eigenvalue weighted by Gasteiger charge is 2.46. The molecule has 2 saturated heterocycles. The third kappa shape index (κ3) is 3.58. The summed E-state index contributed by atoms with van der Waals surface area (Å²) in [5.74, 6) is 0.170. The lowest BCUT2D eigenvalue weighted by Crippen LogP contribution is -2.51. The summed E-state index contributed by atoms with van der Waals surface area (Å²) in [5, 5.41) is 10.5. The van der Waals surface area contributed by atoms with E-state index in [1.54, 1.807) is 7.11 Å². The van der Waals surface area contributed by atoms with Crippen molar-refractivity contribution in [1.82, 2.24) is 4.90 Å². The van der Waals surface area contributed by atoms with Crippen LogP contribution in [0.25, 0.3) is 0 Å². The zero-order valence-corrected chi connectivity index (χ0v) is 17.5. The molecule has 2 aliphatic heterocycles. The Morgan fingerprint density at radius 1 is 1.10 bits per heavy atom. The number of hydrogen-bond donors (Lipinski definition) is 1. The van der Waals surface area contributed by atoms with Gasteiger partial charge in [0.15, 0.2) is 6.30 Å². The number of likely N-dealkylation sites (tertiary alicyclic amines) is 1. The van der Waals surface area contributed by atoms with E-state index in [1.807, 2.05) is 4.90 Å². The van der Waals surface area contributed by atoms with Gasteiger partial charge in [-0.1, -0.05) is 48.5 Å². The maximum absolute atomic E-state index is 15.6. The Labute approximate surface area is 177 Å². The number of ether oxygens (including phenoxy) is 2. The van der Waals surface area contributed by atoms with E-state index in [9.17, 15) is 5.11 Å². The van der Waals surface area contributed by atoms with Crippen LogP contribution in [0, 0.1) is 0 Å². The Hall–Kier alpha value is -1.79. The fraction of sp³-hybridized carbons (Fsp3) is 0.520. The lowest BCUT2D eigenvalue weighted by atomic mass is 9.87. The maximum atomic E-state index is 15.6. The average Bonchev–Trinajstić information content (AvgIpc) is 3.15. The molecule has 3 aliphatic rings. The number of benzene rings is 2. The molecule has 2 fully saturated rings. The second kappa shape index (κ2) is 8.04. The van der Waals surface area contributed by atoms with Gasteiger partial charge in [0.2, 0.25) is 0 Å². The predicted molar refractivity (Wildman–Crippen MR) is 113 cm³/mol. The number of hydrogen-bond acceptors (Lipinski definition) is 4. The smallest absolute Gasteiger partial charge is 0.180 e. The Balaban J connectivity index is 1.37. The van der Waals surface area contributed by atoms with Gasteiger partial charge in [-0.2, -0.15) is 0 Å². The van der Waals surface area contributed by atoms with E-state index in [0.717, 1.165) is 6.42 Å². The Morgan fingerprint density at radius 2 is 1.73 bits per heavy atom. The molecule has 0 bridgehead atoms. The SMILES string of the molecule is COCC1(O)CCN(C(F)C2CC3c4ccccc4Cc4ccccc4C3O2)CC1. The number of alkyl halides is 1. The van der Waals surface area contributed by atoms with Crippen LogP contribution in [0.5, 0.6) is 0 Å². The number of rotatable bonds is 4. The molecule has 0 saturated carbocycles. The van der Waals surface area contributed by atoms with Gasteiger partial charge in [-0.3, -0.25) is 4.90 Å². The number of nitrogens with zero attached hydrogens (tertiary/aromatic N) is 1. The molecule has 160 valence electrons. The number of fused-ring (bicyclic) bond motifs is 5. The van der Waals surface area contributed by atoms with Crippen LogP contribution >= 0.6 is 0 Å². The molecule has 0 amide bonds. The summed E-state index contributed by atoms with van der Waals surface area (Å²) in [5.41, 5.74) is 4.24. The second-order valence-electron chi connectivity index (χ2n) is 9.08. The van der Waals surface area contributed by atoms with E-state index in [2.05, 4.69) is 48.5 Å². The number of aliphatic hydroxyl groups is 1. The molecule has 0 spiro atoms. The first-order valence-electron chi connectivity index (χ1n) is 11.0. The van der Waals surface area contributed by atoms with Gasteiger partial charge >= 0.3 is 0 Å². The van der Waals surface area contributed by atoms with Crippen LogP contribution in [0.15, 0.2) is 48.5 Å². The molecular formula is C25H30FNO3. The van der Waals surface area contributed by atoms with Gasteiger partial charge in [-0.15, -0.1) is 0 Å². The summed E-state index contributed by atoms with van der Waals surface area (Å²) in [4.78, 5) is 1.83. The molecule has 4 atom stereocenters. The second-order valence-corrected chi connectivity index (χ2v) is 9.08. The molecule has 0 radical (unpaired) electrons. The molecular weight excluding hydrogens is 381 g/mol. The van der Waals surface area contributed by atoms with Crippen molar-refractivity contribution in [2.24, 2.45) is 0 Å². The normalized spacial score (nSPS) is 28.8. The average molecular weight is 412 g/mol.